The Kier molecular flexibility index (Phi) is 12.1. The molecule has 0 amide bonds. The number of aryl methyl sites for hydroxylation is 1. The first-order valence-electron chi connectivity index (χ1n) is 20.1. The maximum Gasteiger partial charge on any atom is 0.350 e. The van der Waals surface area contributed by atoms with Crippen LogP contribution in [0.3, 0.4) is 0 Å². The van der Waals surface area contributed by atoms with Crippen molar-refractivity contribution in [1.29, 1.82) is 0 Å². The summed E-state index contributed by atoms with van der Waals surface area (Å²) in [5.74, 6) is -2.31. The third-order valence-electron chi connectivity index (χ3n) is 11.2. The molecule has 4 unspecified atom stereocenters. The molecule has 2 aliphatic rings. The molecule has 4 aromatic carbocycles. The molecule has 0 spiro atoms. The van der Waals surface area contributed by atoms with Crippen LogP contribution in [0.5, 0.6) is 5.75 Å². The molecule has 6 aromatic rings. The van der Waals surface area contributed by atoms with Crippen molar-refractivity contribution >= 4 is 11.4 Å². The highest BCUT2D eigenvalue weighted by atomic mass is 19.1. The molecular formula is C44H49F2N9O4. The average molecular weight is 806 g/mol. The Morgan fingerprint density at radius 3 is 2.24 bits per heavy atom. The van der Waals surface area contributed by atoms with Gasteiger partial charge in [-0.15, -0.1) is 0 Å². The highest BCUT2D eigenvalue weighted by Gasteiger charge is 2.46. The van der Waals surface area contributed by atoms with Gasteiger partial charge >= 0.3 is 5.69 Å². The lowest BCUT2D eigenvalue weighted by molar-refractivity contribution is -0.192. The second kappa shape index (κ2) is 17.9. The number of halogens is 2. The minimum Gasteiger partial charge on any atom is -0.491 e. The molecule has 2 aliphatic heterocycles. The molecule has 1 N–H and O–H groups in total. The third-order valence-corrected chi connectivity index (χ3v) is 11.2. The largest absolute Gasteiger partial charge is 0.491 e. The van der Waals surface area contributed by atoms with Gasteiger partial charge in [0.05, 0.1) is 18.3 Å². The zero-order chi connectivity index (χ0) is 40.8. The SMILES string of the molecule is CC(NCCCc1ccccc1)C(C)n1ncn(-c2ccc(N3CCN(c4ccc(OCC5COC(Cn6cncn6)(c6ccc(F)cc6F)O5)cc4)CC3)cc2)c1=O. The van der Waals surface area contributed by atoms with Gasteiger partial charge in [-0.25, -0.2) is 32.5 Å². The quantitative estimate of drug-likeness (QED) is 0.121. The fourth-order valence-electron chi connectivity index (χ4n) is 7.69. The van der Waals surface area contributed by atoms with Crippen LogP contribution in [-0.4, -0.2) is 87.2 Å². The van der Waals surface area contributed by atoms with E-state index in [4.69, 9.17) is 14.2 Å². The molecule has 4 atom stereocenters. The Morgan fingerprint density at radius 1 is 0.864 bits per heavy atom. The van der Waals surface area contributed by atoms with Gasteiger partial charge in [-0.05, 0) is 99.5 Å². The molecule has 2 fully saturated rings. The van der Waals surface area contributed by atoms with Crippen LogP contribution in [0.15, 0.2) is 121 Å². The van der Waals surface area contributed by atoms with Crippen molar-refractivity contribution in [3.05, 3.63) is 149 Å². The molecule has 0 radical (unpaired) electrons. The van der Waals surface area contributed by atoms with Crippen LogP contribution >= 0.6 is 0 Å². The summed E-state index contributed by atoms with van der Waals surface area (Å²) in [7, 11) is 0. The lowest BCUT2D eigenvalue weighted by Gasteiger charge is -2.37. The monoisotopic (exact) mass is 805 g/mol. The van der Waals surface area contributed by atoms with Gasteiger partial charge in [-0.2, -0.15) is 10.2 Å². The molecule has 2 aromatic heterocycles. The van der Waals surface area contributed by atoms with Crippen molar-refractivity contribution in [2.24, 2.45) is 0 Å². The second-order valence-electron chi connectivity index (χ2n) is 15.1. The van der Waals surface area contributed by atoms with Gasteiger partial charge in [0.15, 0.2) is 0 Å². The van der Waals surface area contributed by atoms with E-state index >= 15 is 0 Å². The second-order valence-corrected chi connectivity index (χ2v) is 15.1. The summed E-state index contributed by atoms with van der Waals surface area (Å²) < 4.78 is 51.7. The fourth-order valence-corrected chi connectivity index (χ4v) is 7.69. The van der Waals surface area contributed by atoms with Gasteiger partial charge in [-0.3, -0.25) is 0 Å². The maximum atomic E-state index is 14.9. The van der Waals surface area contributed by atoms with Crippen LogP contribution < -0.4 is 25.5 Å². The van der Waals surface area contributed by atoms with Gasteiger partial charge in [0.25, 0.3) is 0 Å². The summed E-state index contributed by atoms with van der Waals surface area (Å²) in [5, 5.41) is 12.2. The third kappa shape index (κ3) is 9.22. The van der Waals surface area contributed by atoms with Gasteiger partial charge < -0.3 is 29.3 Å². The molecule has 13 nitrogen and oxygen atoms in total. The van der Waals surface area contributed by atoms with E-state index in [0.717, 1.165) is 68.7 Å². The molecule has 0 aliphatic carbocycles. The van der Waals surface area contributed by atoms with E-state index in [-0.39, 0.29) is 43.1 Å². The van der Waals surface area contributed by atoms with Crippen molar-refractivity contribution in [3.8, 4) is 11.4 Å². The molecule has 8 rings (SSSR count). The predicted octanol–water partition coefficient (Wildman–Crippen LogP) is 5.75. The van der Waals surface area contributed by atoms with Crippen molar-refractivity contribution in [2.45, 2.75) is 57.2 Å². The van der Waals surface area contributed by atoms with E-state index in [1.165, 1.54) is 35.0 Å². The van der Waals surface area contributed by atoms with E-state index < -0.39 is 23.5 Å². The molecule has 4 heterocycles. The molecular weight excluding hydrogens is 757 g/mol. The number of nitrogens with zero attached hydrogens (tertiary/aromatic N) is 8. The number of anilines is 2. The standard InChI is InChI=1S/C44H49F2N9O4/c1-32(48-20-6-9-34-7-4-3-5-8-34)33(2)55-43(56)54(31-50-55)38-13-11-36(12-14-38)51-21-23-52(24-22-51)37-15-17-39(18-16-37)57-26-40-27-58-44(59-40,28-53-30-47-29-49-53)41-19-10-35(45)25-42(41)46/h3-5,7-8,10-19,25,29-33,40,48H,6,9,20-24,26-28H2,1-2H3. The van der Waals surface area contributed by atoms with E-state index in [2.05, 4.69) is 73.6 Å². The number of nitrogens with one attached hydrogen (secondary N) is 1. The first-order valence-corrected chi connectivity index (χ1v) is 20.1. The predicted molar refractivity (Wildman–Crippen MR) is 220 cm³/mol. The first-order chi connectivity index (χ1) is 28.7. The lowest BCUT2D eigenvalue weighted by Crippen LogP contribution is -2.46. The van der Waals surface area contributed by atoms with Crippen LogP contribution in [0.2, 0.25) is 0 Å². The number of rotatable bonds is 16. The average Bonchev–Trinajstić information content (AvgIpc) is 4.03. The Labute approximate surface area is 341 Å². The highest BCUT2D eigenvalue weighted by molar-refractivity contribution is 5.54. The minimum atomic E-state index is -1.52. The van der Waals surface area contributed by atoms with Gasteiger partial charge in [0.1, 0.15) is 55.6 Å². The number of piperazine rings is 1. The number of hydrogen-bond donors (Lipinski definition) is 1. The van der Waals surface area contributed by atoms with Crippen LogP contribution in [0.4, 0.5) is 20.2 Å². The van der Waals surface area contributed by atoms with E-state index in [1.54, 1.807) is 15.6 Å². The molecule has 0 bridgehead atoms. The van der Waals surface area contributed by atoms with Crippen molar-refractivity contribution in [3.63, 3.8) is 0 Å². The summed E-state index contributed by atoms with van der Waals surface area (Å²) in [6, 6.07) is 29.8. The van der Waals surface area contributed by atoms with Crippen LogP contribution in [0, 0.1) is 11.6 Å². The van der Waals surface area contributed by atoms with E-state index in [9.17, 15) is 13.6 Å². The molecule has 2 saturated heterocycles. The molecule has 59 heavy (non-hydrogen) atoms. The number of hydrogen-bond acceptors (Lipinski definition) is 10. The van der Waals surface area contributed by atoms with Crippen molar-refractivity contribution in [1.82, 2.24) is 34.4 Å². The van der Waals surface area contributed by atoms with Crippen molar-refractivity contribution < 1.29 is 23.0 Å². The topological polar surface area (TPSA) is 117 Å². The first kappa shape index (κ1) is 39.9. The Morgan fingerprint density at radius 2 is 1.56 bits per heavy atom. The maximum absolute atomic E-state index is 14.9. The van der Waals surface area contributed by atoms with Gasteiger partial charge in [0.2, 0.25) is 5.79 Å². The van der Waals surface area contributed by atoms with E-state index in [0.29, 0.717) is 5.75 Å². The number of ether oxygens (including phenoxy) is 3. The lowest BCUT2D eigenvalue weighted by atomic mass is 10.0. The Hall–Kier alpha value is -5.90. The number of aromatic nitrogens is 6. The smallest absolute Gasteiger partial charge is 0.350 e. The van der Waals surface area contributed by atoms with Gasteiger partial charge in [-0.1, -0.05) is 30.3 Å². The molecule has 308 valence electrons. The van der Waals surface area contributed by atoms with Crippen LogP contribution in [0.25, 0.3) is 5.69 Å². The summed E-state index contributed by atoms with van der Waals surface area (Å²) in [6.07, 6.45) is 5.98. The van der Waals surface area contributed by atoms with E-state index in [1.807, 2.05) is 49.4 Å². The summed E-state index contributed by atoms with van der Waals surface area (Å²) >= 11 is 0. The minimum absolute atomic E-state index is 0.0289. The highest BCUT2D eigenvalue weighted by Crippen LogP contribution is 2.38. The summed E-state index contributed by atoms with van der Waals surface area (Å²) in [4.78, 5) is 22.1. The molecule has 0 saturated carbocycles. The summed E-state index contributed by atoms with van der Waals surface area (Å²) in [5.41, 5.74) is 4.22. The number of benzene rings is 4. The Bertz CT molecular complexity index is 2320. The summed E-state index contributed by atoms with van der Waals surface area (Å²) in [6.45, 7) is 8.69. The van der Waals surface area contributed by atoms with Crippen LogP contribution in [-0.2, 0) is 28.2 Å². The normalized spacial score (nSPS) is 19.2. The zero-order valence-corrected chi connectivity index (χ0v) is 33.2. The molecule has 15 heteroatoms. The van der Waals surface area contributed by atoms with Crippen LogP contribution in [0.1, 0.15) is 37.4 Å². The Balaban J connectivity index is 0.803. The van der Waals surface area contributed by atoms with Crippen molar-refractivity contribution in [2.75, 3.05) is 55.7 Å². The zero-order valence-electron chi connectivity index (χ0n) is 33.2. The van der Waals surface area contributed by atoms with Gasteiger partial charge in [0, 0.05) is 55.2 Å². The fraction of sp³-hybridized carbons (Fsp3) is 0.364.